The van der Waals surface area contributed by atoms with E-state index in [1.54, 1.807) is 0 Å². The van der Waals surface area contributed by atoms with E-state index < -0.39 is 0 Å². The zero-order valence-corrected chi connectivity index (χ0v) is 8.68. The molecule has 62 valence electrons. The van der Waals surface area contributed by atoms with Crippen LogP contribution in [0, 0.1) is 0 Å². The Labute approximate surface area is 80.3 Å². The molecule has 0 aliphatic carbocycles. The van der Waals surface area contributed by atoms with Gasteiger partial charge in [0.05, 0.1) is 0 Å². The lowest BCUT2D eigenvalue weighted by Gasteiger charge is -2.14. The number of hydrogen-bond acceptors (Lipinski definition) is 2. The molecule has 0 aromatic rings. The molecule has 2 unspecified atom stereocenters. The van der Waals surface area contributed by atoms with Crippen LogP contribution in [-0.2, 0) is 0 Å². The molecule has 0 heterocycles. The third-order valence-electron chi connectivity index (χ3n) is 1.28. The second-order valence-electron chi connectivity index (χ2n) is 2.20. The third-order valence-corrected chi connectivity index (χ3v) is 3.18. The van der Waals surface area contributed by atoms with E-state index in [0.29, 0.717) is 9.80 Å². The van der Waals surface area contributed by atoms with Gasteiger partial charge in [-0.15, -0.1) is 11.6 Å². The minimum absolute atomic E-state index is 0.0637. The average Bonchev–Trinajstić information content (AvgIpc) is 1.98. The molecule has 10 heavy (non-hydrogen) atoms. The minimum Gasteiger partial charge on any atom is -0.396 e. The summed E-state index contributed by atoms with van der Waals surface area (Å²) in [6.07, 6.45) is 1.77. The molecular formula is C6H13ClINO. The van der Waals surface area contributed by atoms with Crippen molar-refractivity contribution in [2.24, 2.45) is 5.73 Å². The predicted molar refractivity (Wildman–Crippen MR) is 52.8 cm³/mol. The summed E-state index contributed by atoms with van der Waals surface area (Å²) in [5.74, 6) is 0.499. The molecule has 2 nitrogen and oxygen atoms in total. The molecule has 4 heteroatoms. The Balaban J connectivity index is 3.31. The maximum Gasteiger partial charge on any atom is 0.0431 e. The van der Waals surface area contributed by atoms with E-state index in [9.17, 15) is 0 Å². The van der Waals surface area contributed by atoms with Crippen molar-refractivity contribution >= 4 is 34.2 Å². The van der Waals surface area contributed by atoms with Gasteiger partial charge in [-0.05, 0) is 12.8 Å². The van der Waals surface area contributed by atoms with Gasteiger partial charge in [0.2, 0.25) is 0 Å². The molecule has 0 fully saturated rings. The number of aliphatic hydroxyl groups is 1. The first-order valence-corrected chi connectivity index (χ1v) is 5.07. The molecular weight excluding hydrogens is 264 g/mol. The Kier molecular flexibility index (Phi) is 7.26. The van der Waals surface area contributed by atoms with E-state index in [-0.39, 0.29) is 12.6 Å². The highest BCUT2D eigenvalue weighted by Crippen LogP contribution is 2.12. The summed E-state index contributed by atoms with van der Waals surface area (Å²) < 4.78 is 0.391. The van der Waals surface area contributed by atoms with Crippen LogP contribution < -0.4 is 5.73 Å². The molecule has 0 spiro atoms. The van der Waals surface area contributed by atoms with Crippen LogP contribution in [0.15, 0.2) is 0 Å². The second kappa shape index (κ2) is 6.64. The predicted octanol–water partition coefficient (Wildman–Crippen LogP) is 1.13. The SMILES string of the molecule is NC(CCl)C(I)CCCO. The number of alkyl halides is 2. The summed E-state index contributed by atoms with van der Waals surface area (Å²) in [5, 5.41) is 8.49. The summed E-state index contributed by atoms with van der Waals surface area (Å²) in [7, 11) is 0. The Morgan fingerprint density at radius 3 is 2.60 bits per heavy atom. The highest BCUT2D eigenvalue weighted by atomic mass is 127. The van der Waals surface area contributed by atoms with Crippen LogP contribution in [0.2, 0.25) is 0 Å². The standard InChI is InChI=1S/C6H13ClINO/c7-4-6(9)5(8)2-1-3-10/h5-6,10H,1-4,9H2. The largest absolute Gasteiger partial charge is 0.396 e. The summed E-state index contributed by atoms with van der Waals surface area (Å²) in [6.45, 7) is 0.245. The van der Waals surface area contributed by atoms with Crippen LogP contribution >= 0.6 is 34.2 Å². The Morgan fingerprint density at radius 1 is 1.60 bits per heavy atom. The van der Waals surface area contributed by atoms with Crippen molar-refractivity contribution in [1.29, 1.82) is 0 Å². The zero-order chi connectivity index (χ0) is 7.98. The molecule has 0 bridgehead atoms. The van der Waals surface area contributed by atoms with E-state index in [4.69, 9.17) is 22.4 Å². The fraction of sp³-hybridized carbons (Fsp3) is 1.00. The van der Waals surface area contributed by atoms with Gasteiger partial charge < -0.3 is 10.8 Å². The van der Waals surface area contributed by atoms with Gasteiger partial charge in [-0.1, -0.05) is 22.6 Å². The molecule has 0 amide bonds. The minimum atomic E-state index is 0.0637. The van der Waals surface area contributed by atoms with Crippen LogP contribution in [0.4, 0.5) is 0 Å². The lowest BCUT2D eigenvalue weighted by Crippen LogP contribution is -2.32. The normalized spacial score (nSPS) is 16.8. The van der Waals surface area contributed by atoms with Crippen molar-refractivity contribution in [1.82, 2.24) is 0 Å². The maximum absolute atomic E-state index is 8.49. The maximum atomic E-state index is 8.49. The Hall–Kier alpha value is 0.940. The third kappa shape index (κ3) is 4.71. The second-order valence-corrected chi connectivity index (χ2v) is 4.11. The first kappa shape index (κ1) is 10.9. The molecule has 3 N–H and O–H groups in total. The van der Waals surface area contributed by atoms with Gasteiger partial charge >= 0.3 is 0 Å². The first-order valence-electron chi connectivity index (χ1n) is 3.28. The summed E-state index contributed by atoms with van der Waals surface area (Å²) in [5.41, 5.74) is 5.64. The van der Waals surface area contributed by atoms with Gasteiger partial charge in [0, 0.05) is 22.5 Å². The van der Waals surface area contributed by atoms with Gasteiger partial charge in [0.15, 0.2) is 0 Å². The van der Waals surface area contributed by atoms with Gasteiger partial charge in [-0.25, -0.2) is 0 Å². The van der Waals surface area contributed by atoms with Crippen molar-refractivity contribution in [2.75, 3.05) is 12.5 Å². The molecule has 0 aromatic heterocycles. The van der Waals surface area contributed by atoms with Gasteiger partial charge in [-0.2, -0.15) is 0 Å². The number of aliphatic hydroxyl groups excluding tert-OH is 1. The van der Waals surface area contributed by atoms with Crippen molar-refractivity contribution in [3.63, 3.8) is 0 Å². The molecule has 0 aromatic carbocycles. The smallest absolute Gasteiger partial charge is 0.0431 e. The fourth-order valence-corrected chi connectivity index (χ4v) is 1.81. The summed E-state index contributed by atoms with van der Waals surface area (Å²) in [6, 6.07) is 0.0637. The topological polar surface area (TPSA) is 46.2 Å². The Bertz CT molecular complexity index is 84.1. The highest BCUT2D eigenvalue weighted by Gasteiger charge is 2.11. The lowest BCUT2D eigenvalue weighted by molar-refractivity contribution is 0.283. The van der Waals surface area contributed by atoms with Crippen LogP contribution in [0.5, 0.6) is 0 Å². The van der Waals surface area contributed by atoms with E-state index in [1.165, 1.54) is 0 Å². The van der Waals surface area contributed by atoms with Crippen molar-refractivity contribution in [3.05, 3.63) is 0 Å². The molecule has 0 aliphatic heterocycles. The first-order chi connectivity index (χ1) is 4.72. The zero-order valence-electron chi connectivity index (χ0n) is 5.76. The fourth-order valence-electron chi connectivity index (χ4n) is 0.597. The van der Waals surface area contributed by atoms with Gasteiger partial charge in [0.25, 0.3) is 0 Å². The molecule has 2 atom stereocenters. The van der Waals surface area contributed by atoms with Crippen molar-refractivity contribution in [3.8, 4) is 0 Å². The monoisotopic (exact) mass is 277 g/mol. The van der Waals surface area contributed by atoms with Crippen molar-refractivity contribution in [2.45, 2.75) is 22.8 Å². The number of nitrogens with two attached hydrogens (primary N) is 1. The molecule has 0 rings (SSSR count). The van der Waals surface area contributed by atoms with E-state index in [1.807, 2.05) is 0 Å². The average molecular weight is 278 g/mol. The van der Waals surface area contributed by atoms with Crippen LogP contribution in [0.3, 0.4) is 0 Å². The molecule has 0 saturated carbocycles. The molecule has 0 saturated heterocycles. The van der Waals surface area contributed by atoms with Gasteiger partial charge in [0.1, 0.15) is 0 Å². The van der Waals surface area contributed by atoms with Crippen molar-refractivity contribution < 1.29 is 5.11 Å². The number of halogens is 2. The van der Waals surface area contributed by atoms with Crippen LogP contribution in [0.25, 0.3) is 0 Å². The summed E-state index contributed by atoms with van der Waals surface area (Å²) in [4.78, 5) is 0. The number of hydrogen-bond donors (Lipinski definition) is 2. The Morgan fingerprint density at radius 2 is 2.20 bits per heavy atom. The quantitative estimate of drug-likeness (QED) is 0.584. The number of rotatable bonds is 5. The summed E-state index contributed by atoms with van der Waals surface area (Å²) >= 11 is 7.80. The van der Waals surface area contributed by atoms with E-state index in [2.05, 4.69) is 22.6 Å². The highest BCUT2D eigenvalue weighted by molar-refractivity contribution is 14.1. The van der Waals surface area contributed by atoms with Crippen LogP contribution in [0.1, 0.15) is 12.8 Å². The molecule has 0 aliphatic rings. The lowest BCUT2D eigenvalue weighted by atomic mass is 10.1. The van der Waals surface area contributed by atoms with E-state index >= 15 is 0 Å². The van der Waals surface area contributed by atoms with E-state index in [0.717, 1.165) is 12.8 Å². The van der Waals surface area contributed by atoms with Crippen LogP contribution in [-0.4, -0.2) is 27.6 Å². The molecule has 0 radical (unpaired) electrons. The van der Waals surface area contributed by atoms with Gasteiger partial charge in [-0.3, -0.25) is 0 Å².